The number of hydrogen-bond acceptors (Lipinski definition) is 2. The summed E-state index contributed by atoms with van der Waals surface area (Å²) in [4.78, 5) is 12.7. The zero-order chi connectivity index (χ0) is 15.5. The van der Waals surface area contributed by atoms with Crippen molar-refractivity contribution in [3.63, 3.8) is 0 Å². The molecule has 1 unspecified atom stereocenters. The minimum Gasteiger partial charge on any atom is -0.396 e. The maximum Gasteiger partial charge on any atom is 0.228 e. The molecule has 1 aliphatic rings. The fourth-order valence-corrected chi connectivity index (χ4v) is 3.69. The van der Waals surface area contributed by atoms with Crippen LogP contribution >= 0.6 is 0 Å². The minimum atomic E-state index is 0.0680. The molecule has 2 atom stereocenters. The van der Waals surface area contributed by atoms with Gasteiger partial charge in [0.05, 0.1) is 0 Å². The smallest absolute Gasteiger partial charge is 0.228 e. The van der Waals surface area contributed by atoms with Gasteiger partial charge in [0, 0.05) is 18.2 Å². The fraction of sp³-hybridized carbons (Fsp3) is 0.611. The van der Waals surface area contributed by atoms with E-state index in [1.165, 1.54) is 6.42 Å². The minimum absolute atomic E-state index is 0.0680. The molecule has 1 saturated carbocycles. The summed E-state index contributed by atoms with van der Waals surface area (Å²) < 4.78 is 0. The highest BCUT2D eigenvalue weighted by Gasteiger charge is 2.41. The number of aliphatic hydroxyl groups excluding tert-OH is 1. The second-order valence-electron chi connectivity index (χ2n) is 7.00. The molecular formula is C18H27NO2. The Hall–Kier alpha value is -1.35. The van der Waals surface area contributed by atoms with Gasteiger partial charge in [0.25, 0.3) is 0 Å². The van der Waals surface area contributed by atoms with Crippen LogP contribution in [-0.2, 0) is 11.2 Å². The quantitative estimate of drug-likeness (QED) is 0.889. The molecule has 0 bridgehead atoms. The summed E-state index contributed by atoms with van der Waals surface area (Å²) in [5, 5.41) is 12.0. The lowest BCUT2D eigenvalue weighted by atomic mass is 9.64. The van der Waals surface area contributed by atoms with Gasteiger partial charge >= 0.3 is 0 Å². The van der Waals surface area contributed by atoms with Crippen molar-refractivity contribution in [2.24, 2.45) is 17.3 Å². The molecule has 0 radical (unpaired) electrons. The summed E-state index contributed by atoms with van der Waals surface area (Å²) in [5.74, 6) is 0.646. The molecule has 0 heterocycles. The monoisotopic (exact) mass is 289 g/mol. The van der Waals surface area contributed by atoms with Crippen LogP contribution in [0.25, 0.3) is 0 Å². The van der Waals surface area contributed by atoms with Crippen LogP contribution in [0.3, 0.4) is 0 Å². The molecule has 1 amide bonds. The molecule has 21 heavy (non-hydrogen) atoms. The molecule has 2 rings (SSSR count). The van der Waals surface area contributed by atoms with Gasteiger partial charge < -0.3 is 10.4 Å². The van der Waals surface area contributed by atoms with Crippen LogP contribution < -0.4 is 5.32 Å². The van der Waals surface area contributed by atoms with Crippen LogP contribution in [0.15, 0.2) is 24.3 Å². The number of hydrogen-bond donors (Lipinski definition) is 2. The van der Waals surface area contributed by atoms with Crippen LogP contribution in [0.5, 0.6) is 0 Å². The van der Waals surface area contributed by atoms with Gasteiger partial charge in [-0.25, -0.2) is 0 Å². The topological polar surface area (TPSA) is 49.3 Å². The van der Waals surface area contributed by atoms with Gasteiger partial charge in [0.2, 0.25) is 5.91 Å². The van der Waals surface area contributed by atoms with Gasteiger partial charge in [-0.3, -0.25) is 4.79 Å². The van der Waals surface area contributed by atoms with Crippen LogP contribution in [0.4, 0.5) is 5.69 Å². The molecular weight excluding hydrogens is 262 g/mol. The number of aliphatic hydroxyl groups is 1. The van der Waals surface area contributed by atoms with Crippen molar-refractivity contribution >= 4 is 11.6 Å². The first-order chi connectivity index (χ1) is 9.94. The largest absolute Gasteiger partial charge is 0.396 e. The maximum absolute atomic E-state index is 12.7. The van der Waals surface area contributed by atoms with Crippen LogP contribution in [0.1, 0.15) is 45.6 Å². The van der Waals surface area contributed by atoms with Gasteiger partial charge in [-0.15, -0.1) is 0 Å². The van der Waals surface area contributed by atoms with Crippen LogP contribution in [-0.4, -0.2) is 17.6 Å². The van der Waals surface area contributed by atoms with E-state index in [-0.39, 0.29) is 23.8 Å². The van der Waals surface area contributed by atoms with Gasteiger partial charge in [0.15, 0.2) is 0 Å². The van der Waals surface area contributed by atoms with Gasteiger partial charge in [-0.1, -0.05) is 39.3 Å². The van der Waals surface area contributed by atoms with E-state index in [1.807, 2.05) is 24.3 Å². The van der Waals surface area contributed by atoms with Crippen molar-refractivity contribution in [1.29, 1.82) is 0 Å². The zero-order valence-corrected chi connectivity index (χ0v) is 13.4. The highest BCUT2D eigenvalue weighted by Crippen LogP contribution is 2.44. The first-order valence-electron chi connectivity index (χ1n) is 7.95. The number of carbonyl (C=O) groups excluding carboxylic acids is 1. The Bertz CT molecular complexity index is 478. The molecule has 3 nitrogen and oxygen atoms in total. The molecule has 2 N–H and O–H groups in total. The molecule has 0 saturated heterocycles. The van der Waals surface area contributed by atoms with E-state index in [4.69, 9.17) is 5.11 Å². The Kier molecular flexibility index (Phi) is 5.04. The SMILES string of the molecule is C[C@H]1CCCC(C)(C)C1C(=O)Nc1ccc(CCO)cc1. The maximum atomic E-state index is 12.7. The normalized spacial score (nSPS) is 24.6. The summed E-state index contributed by atoms with van der Waals surface area (Å²) in [6, 6.07) is 7.76. The molecule has 0 spiro atoms. The Balaban J connectivity index is 2.06. The molecule has 1 aliphatic carbocycles. The predicted octanol–water partition coefficient (Wildman–Crippen LogP) is 3.62. The molecule has 1 aromatic rings. The lowest BCUT2D eigenvalue weighted by molar-refractivity contribution is -0.127. The second kappa shape index (κ2) is 6.61. The number of nitrogens with one attached hydrogen (secondary N) is 1. The Morgan fingerprint density at radius 1 is 1.33 bits per heavy atom. The highest BCUT2D eigenvalue weighted by atomic mass is 16.2. The third-order valence-corrected chi connectivity index (χ3v) is 4.80. The van der Waals surface area contributed by atoms with Crippen molar-refractivity contribution in [2.45, 2.75) is 46.5 Å². The first kappa shape index (κ1) is 16.0. The van der Waals surface area contributed by atoms with E-state index in [0.29, 0.717) is 12.3 Å². The standard InChI is InChI=1S/C18H27NO2/c1-13-5-4-11-18(2,3)16(13)17(21)19-15-8-6-14(7-9-15)10-12-20/h6-9,13,16,20H,4-5,10-12H2,1-3H3,(H,19,21)/t13-,16?/m0/s1. The summed E-state index contributed by atoms with van der Waals surface area (Å²) in [6.45, 7) is 6.75. The molecule has 0 aromatic heterocycles. The molecule has 116 valence electrons. The summed E-state index contributed by atoms with van der Waals surface area (Å²) >= 11 is 0. The fourth-order valence-electron chi connectivity index (χ4n) is 3.69. The number of carbonyl (C=O) groups is 1. The Labute approximate surface area is 127 Å². The van der Waals surface area contributed by atoms with Gasteiger partial charge in [-0.05, 0) is 48.3 Å². The first-order valence-corrected chi connectivity index (χ1v) is 7.95. The number of anilines is 1. The van der Waals surface area contributed by atoms with Crippen LogP contribution in [0, 0.1) is 17.3 Å². The molecule has 0 aliphatic heterocycles. The lowest BCUT2D eigenvalue weighted by Crippen LogP contribution is -2.42. The average molecular weight is 289 g/mol. The molecule has 3 heteroatoms. The molecule has 1 aromatic carbocycles. The highest BCUT2D eigenvalue weighted by molar-refractivity contribution is 5.93. The summed E-state index contributed by atoms with van der Waals surface area (Å²) in [7, 11) is 0. The zero-order valence-electron chi connectivity index (χ0n) is 13.4. The van der Waals surface area contributed by atoms with Gasteiger partial charge in [-0.2, -0.15) is 0 Å². The van der Waals surface area contributed by atoms with E-state index in [9.17, 15) is 4.79 Å². The molecule has 1 fully saturated rings. The number of benzene rings is 1. The van der Waals surface area contributed by atoms with Crippen molar-refractivity contribution in [1.82, 2.24) is 0 Å². The van der Waals surface area contributed by atoms with Crippen molar-refractivity contribution in [3.05, 3.63) is 29.8 Å². The van der Waals surface area contributed by atoms with Crippen LogP contribution in [0.2, 0.25) is 0 Å². The van der Waals surface area contributed by atoms with E-state index in [2.05, 4.69) is 26.1 Å². The third kappa shape index (κ3) is 3.85. The van der Waals surface area contributed by atoms with E-state index < -0.39 is 0 Å². The Morgan fingerprint density at radius 2 is 2.00 bits per heavy atom. The summed E-state index contributed by atoms with van der Waals surface area (Å²) in [6.07, 6.45) is 4.12. The average Bonchev–Trinajstić information content (AvgIpc) is 2.40. The van der Waals surface area contributed by atoms with Crippen molar-refractivity contribution in [2.75, 3.05) is 11.9 Å². The second-order valence-corrected chi connectivity index (χ2v) is 7.00. The lowest BCUT2D eigenvalue weighted by Gasteiger charge is -2.41. The van der Waals surface area contributed by atoms with Crippen molar-refractivity contribution < 1.29 is 9.90 Å². The number of amides is 1. The predicted molar refractivity (Wildman–Crippen MR) is 86.1 cm³/mol. The van der Waals surface area contributed by atoms with E-state index in [0.717, 1.165) is 24.1 Å². The number of rotatable bonds is 4. The van der Waals surface area contributed by atoms with E-state index >= 15 is 0 Å². The van der Waals surface area contributed by atoms with Gasteiger partial charge in [0.1, 0.15) is 0 Å². The van der Waals surface area contributed by atoms with E-state index in [1.54, 1.807) is 0 Å². The third-order valence-electron chi connectivity index (χ3n) is 4.80. The Morgan fingerprint density at radius 3 is 2.57 bits per heavy atom. The summed E-state index contributed by atoms with van der Waals surface area (Å²) in [5.41, 5.74) is 2.00. The van der Waals surface area contributed by atoms with Crippen molar-refractivity contribution in [3.8, 4) is 0 Å².